The van der Waals surface area contributed by atoms with Gasteiger partial charge in [0.05, 0.1) is 25.7 Å². The molecule has 0 aliphatic heterocycles. The van der Waals surface area contributed by atoms with E-state index in [4.69, 9.17) is 9.47 Å². The van der Waals surface area contributed by atoms with Gasteiger partial charge in [-0.1, -0.05) is 30.3 Å². The Morgan fingerprint density at radius 1 is 1.20 bits per heavy atom. The standard InChI is InChI=1S/C19H22N2O3S/c1-14(25-13-15-7-5-4-6-8-15)19(22)21-20-12-16-11-17(23-2)9-10-18(16)24-3/h4-12,14H,13H2,1-3H3,(H,21,22)/b20-12+. The molecular formula is C19H22N2O3S. The van der Waals surface area contributed by atoms with Crippen LogP contribution < -0.4 is 14.9 Å². The highest BCUT2D eigenvalue weighted by atomic mass is 32.2. The first kappa shape index (κ1) is 18.9. The number of benzene rings is 2. The molecule has 0 fully saturated rings. The SMILES string of the molecule is COc1ccc(OC)c(/C=N/NC(=O)C(C)SCc2ccccc2)c1. The first-order valence-electron chi connectivity index (χ1n) is 7.84. The lowest BCUT2D eigenvalue weighted by Gasteiger charge is -2.10. The van der Waals surface area contributed by atoms with Crippen LogP contribution in [0, 0.1) is 0 Å². The summed E-state index contributed by atoms with van der Waals surface area (Å²) in [5, 5.41) is 3.82. The third-order valence-electron chi connectivity index (χ3n) is 3.53. The lowest BCUT2D eigenvalue weighted by molar-refractivity contribution is -0.120. The van der Waals surface area contributed by atoms with E-state index in [-0.39, 0.29) is 11.2 Å². The second-order valence-corrected chi connectivity index (χ2v) is 6.61. The van der Waals surface area contributed by atoms with Gasteiger partial charge in [0, 0.05) is 11.3 Å². The summed E-state index contributed by atoms with van der Waals surface area (Å²) in [4.78, 5) is 12.1. The van der Waals surface area contributed by atoms with Crippen LogP contribution in [-0.2, 0) is 10.5 Å². The van der Waals surface area contributed by atoms with Crippen molar-refractivity contribution in [3.05, 3.63) is 59.7 Å². The molecule has 0 radical (unpaired) electrons. The van der Waals surface area contributed by atoms with Crippen molar-refractivity contribution >= 4 is 23.9 Å². The van der Waals surface area contributed by atoms with Gasteiger partial charge in [0.1, 0.15) is 11.5 Å². The smallest absolute Gasteiger partial charge is 0.252 e. The quantitative estimate of drug-likeness (QED) is 0.580. The number of nitrogens with zero attached hydrogens (tertiary/aromatic N) is 1. The molecule has 6 heteroatoms. The van der Waals surface area contributed by atoms with E-state index < -0.39 is 0 Å². The Kier molecular flexibility index (Phi) is 7.35. The first-order valence-corrected chi connectivity index (χ1v) is 8.89. The second kappa shape index (κ2) is 9.74. The van der Waals surface area contributed by atoms with Crippen LogP contribution >= 0.6 is 11.8 Å². The fourth-order valence-electron chi connectivity index (χ4n) is 2.07. The largest absolute Gasteiger partial charge is 0.497 e. The van der Waals surface area contributed by atoms with Crippen molar-refractivity contribution in [2.24, 2.45) is 5.10 Å². The molecule has 132 valence electrons. The van der Waals surface area contributed by atoms with Crippen LogP contribution in [-0.4, -0.2) is 31.6 Å². The zero-order chi connectivity index (χ0) is 18.1. The number of rotatable bonds is 8. The van der Waals surface area contributed by atoms with Crippen LogP contribution in [0.15, 0.2) is 53.6 Å². The van der Waals surface area contributed by atoms with Gasteiger partial charge in [-0.25, -0.2) is 5.43 Å². The fraction of sp³-hybridized carbons (Fsp3) is 0.263. The lowest BCUT2D eigenvalue weighted by Crippen LogP contribution is -2.27. The molecule has 0 spiro atoms. The van der Waals surface area contributed by atoms with E-state index >= 15 is 0 Å². The van der Waals surface area contributed by atoms with Crippen LogP contribution in [0.5, 0.6) is 11.5 Å². The van der Waals surface area contributed by atoms with E-state index in [0.717, 1.165) is 11.3 Å². The zero-order valence-electron chi connectivity index (χ0n) is 14.6. The Morgan fingerprint density at radius 2 is 1.96 bits per heavy atom. The van der Waals surface area contributed by atoms with Crippen molar-refractivity contribution in [1.29, 1.82) is 0 Å². The molecule has 1 amide bonds. The molecule has 0 saturated heterocycles. The molecule has 1 N–H and O–H groups in total. The maximum absolute atomic E-state index is 12.1. The topological polar surface area (TPSA) is 59.9 Å². The van der Waals surface area contributed by atoms with Gasteiger partial charge < -0.3 is 9.47 Å². The summed E-state index contributed by atoms with van der Waals surface area (Å²) in [7, 11) is 3.18. The Labute approximate surface area is 152 Å². The first-order chi connectivity index (χ1) is 12.1. The zero-order valence-corrected chi connectivity index (χ0v) is 15.4. The highest BCUT2D eigenvalue weighted by Crippen LogP contribution is 2.22. The van der Waals surface area contributed by atoms with Gasteiger partial charge >= 0.3 is 0 Å². The monoisotopic (exact) mass is 358 g/mol. The molecule has 0 heterocycles. The Hall–Kier alpha value is -2.47. The minimum Gasteiger partial charge on any atom is -0.497 e. The van der Waals surface area contributed by atoms with E-state index in [9.17, 15) is 4.79 Å². The van der Waals surface area contributed by atoms with Gasteiger partial charge in [0.15, 0.2) is 0 Å². The van der Waals surface area contributed by atoms with E-state index in [1.165, 1.54) is 5.56 Å². The molecule has 0 saturated carbocycles. The Morgan fingerprint density at radius 3 is 2.64 bits per heavy atom. The van der Waals surface area contributed by atoms with Crippen LogP contribution in [0.1, 0.15) is 18.1 Å². The summed E-state index contributed by atoms with van der Waals surface area (Å²) >= 11 is 1.57. The normalized spacial score (nSPS) is 12.0. The maximum Gasteiger partial charge on any atom is 0.252 e. The van der Waals surface area contributed by atoms with Crippen molar-refractivity contribution in [2.75, 3.05) is 14.2 Å². The number of methoxy groups -OCH3 is 2. The highest BCUT2D eigenvalue weighted by molar-refractivity contribution is 7.99. The minimum atomic E-state index is -0.204. The van der Waals surface area contributed by atoms with E-state index in [2.05, 4.69) is 10.5 Å². The van der Waals surface area contributed by atoms with Gasteiger partial charge in [-0.05, 0) is 30.7 Å². The molecule has 2 rings (SSSR count). The summed E-state index contributed by atoms with van der Waals surface area (Å²) < 4.78 is 10.5. The van der Waals surface area contributed by atoms with Crippen molar-refractivity contribution in [2.45, 2.75) is 17.9 Å². The van der Waals surface area contributed by atoms with Crippen LogP contribution in [0.2, 0.25) is 0 Å². The summed E-state index contributed by atoms with van der Waals surface area (Å²) in [6.07, 6.45) is 1.55. The summed E-state index contributed by atoms with van der Waals surface area (Å²) in [5.74, 6) is 1.99. The van der Waals surface area contributed by atoms with Crippen LogP contribution in [0.25, 0.3) is 0 Å². The molecule has 1 unspecified atom stereocenters. The van der Waals surface area contributed by atoms with E-state index in [0.29, 0.717) is 11.5 Å². The molecule has 0 bridgehead atoms. The average Bonchev–Trinajstić information content (AvgIpc) is 2.66. The lowest BCUT2D eigenvalue weighted by atomic mass is 10.2. The molecule has 0 aliphatic rings. The van der Waals surface area contributed by atoms with Gasteiger partial charge in [0.2, 0.25) is 0 Å². The van der Waals surface area contributed by atoms with E-state index in [1.54, 1.807) is 50.4 Å². The van der Waals surface area contributed by atoms with Gasteiger partial charge in [-0.2, -0.15) is 5.10 Å². The summed E-state index contributed by atoms with van der Waals surface area (Å²) in [6.45, 7) is 1.87. The van der Waals surface area contributed by atoms with Crippen molar-refractivity contribution in [1.82, 2.24) is 5.43 Å². The van der Waals surface area contributed by atoms with Crippen molar-refractivity contribution in [3.8, 4) is 11.5 Å². The van der Waals surface area contributed by atoms with Crippen LogP contribution in [0.4, 0.5) is 0 Å². The van der Waals surface area contributed by atoms with Crippen LogP contribution in [0.3, 0.4) is 0 Å². The highest BCUT2D eigenvalue weighted by Gasteiger charge is 2.12. The molecule has 0 aromatic heterocycles. The molecular weight excluding hydrogens is 336 g/mol. The summed E-state index contributed by atoms with van der Waals surface area (Å²) in [6, 6.07) is 15.4. The van der Waals surface area contributed by atoms with Crippen molar-refractivity contribution in [3.63, 3.8) is 0 Å². The number of amides is 1. The number of hydrogen-bond donors (Lipinski definition) is 1. The third-order valence-corrected chi connectivity index (χ3v) is 4.74. The molecule has 5 nitrogen and oxygen atoms in total. The molecule has 0 aliphatic carbocycles. The molecule has 25 heavy (non-hydrogen) atoms. The molecule has 2 aromatic rings. The fourth-order valence-corrected chi connectivity index (χ4v) is 2.91. The predicted octanol–water partition coefficient (Wildman–Crippen LogP) is 3.48. The van der Waals surface area contributed by atoms with Crippen molar-refractivity contribution < 1.29 is 14.3 Å². The number of ether oxygens (including phenoxy) is 2. The number of carbonyl (C=O) groups is 1. The minimum absolute atomic E-state index is 0.140. The number of nitrogens with one attached hydrogen (secondary N) is 1. The third kappa shape index (κ3) is 5.83. The van der Waals surface area contributed by atoms with E-state index in [1.807, 2.05) is 37.3 Å². The molecule has 1 atom stereocenters. The summed E-state index contributed by atoms with van der Waals surface area (Å²) in [5.41, 5.74) is 4.49. The van der Waals surface area contributed by atoms with Gasteiger partial charge in [0.25, 0.3) is 5.91 Å². The number of carbonyl (C=O) groups excluding carboxylic acids is 1. The number of thioether (sulfide) groups is 1. The maximum atomic E-state index is 12.1. The second-order valence-electron chi connectivity index (χ2n) is 5.28. The Balaban J connectivity index is 1.89. The average molecular weight is 358 g/mol. The predicted molar refractivity (Wildman–Crippen MR) is 102 cm³/mol. The number of hydrogen-bond acceptors (Lipinski definition) is 5. The molecule has 2 aromatic carbocycles. The Bertz CT molecular complexity index is 720. The van der Waals surface area contributed by atoms with Gasteiger partial charge in [-0.15, -0.1) is 11.8 Å². The van der Waals surface area contributed by atoms with Gasteiger partial charge in [-0.3, -0.25) is 4.79 Å². The number of hydrazone groups is 1.